The highest BCUT2D eigenvalue weighted by molar-refractivity contribution is 7.85. The monoisotopic (exact) mass is 244 g/mol. The number of unbranched alkanes of at least 4 members (excludes halogenated alkanes) is 2. The first-order chi connectivity index (χ1) is 7.54. The Morgan fingerprint density at radius 3 is 2.75 bits per heavy atom. The Morgan fingerprint density at radius 1 is 1.38 bits per heavy atom. The molecule has 0 spiro atoms. The van der Waals surface area contributed by atoms with E-state index < -0.39 is 10.1 Å². The van der Waals surface area contributed by atoms with Crippen LogP contribution in [0.15, 0.2) is 23.4 Å². The molecule has 0 amide bonds. The molecule has 1 heterocycles. The minimum absolute atomic E-state index is 0.187. The SMILES string of the molecule is CCCCCNc1cncc(S(=O)(=O)O)c1. The van der Waals surface area contributed by atoms with E-state index in [0.717, 1.165) is 32.0 Å². The van der Waals surface area contributed by atoms with Crippen LogP contribution in [0.3, 0.4) is 0 Å². The van der Waals surface area contributed by atoms with Gasteiger partial charge in [-0.25, -0.2) is 0 Å². The van der Waals surface area contributed by atoms with E-state index in [0.29, 0.717) is 5.69 Å². The number of pyridine rings is 1. The second kappa shape index (κ2) is 5.81. The Hall–Kier alpha value is -1.14. The maximum atomic E-state index is 10.8. The van der Waals surface area contributed by atoms with Gasteiger partial charge in [-0.15, -0.1) is 0 Å². The molecule has 1 rings (SSSR count). The van der Waals surface area contributed by atoms with E-state index in [1.165, 1.54) is 12.3 Å². The summed E-state index contributed by atoms with van der Waals surface area (Å²) in [6.45, 7) is 2.88. The minimum Gasteiger partial charge on any atom is -0.384 e. The third-order valence-electron chi connectivity index (χ3n) is 2.12. The van der Waals surface area contributed by atoms with Crippen LogP contribution in [-0.2, 0) is 10.1 Å². The summed E-state index contributed by atoms with van der Waals surface area (Å²) in [7, 11) is -4.16. The largest absolute Gasteiger partial charge is 0.384 e. The molecule has 0 aliphatic heterocycles. The van der Waals surface area contributed by atoms with Crippen molar-refractivity contribution in [3.63, 3.8) is 0 Å². The summed E-state index contributed by atoms with van der Waals surface area (Å²) < 4.78 is 30.5. The van der Waals surface area contributed by atoms with Crippen molar-refractivity contribution in [2.24, 2.45) is 0 Å². The number of hydrogen-bond donors (Lipinski definition) is 2. The molecular formula is C10H16N2O3S. The summed E-state index contributed by atoms with van der Waals surface area (Å²) in [5.74, 6) is 0. The molecule has 0 unspecified atom stereocenters. The molecular weight excluding hydrogens is 228 g/mol. The molecule has 16 heavy (non-hydrogen) atoms. The fourth-order valence-electron chi connectivity index (χ4n) is 1.26. The quantitative estimate of drug-likeness (QED) is 0.590. The van der Waals surface area contributed by atoms with Gasteiger partial charge in [0.15, 0.2) is 0 Å². The number of anilines is 1. The average molecular weight is 244 g/mol. The van der Waals surface area contributed by atoms with Gasteiger partial charge in [0.2, 0.25) is 0 Å². The molecule has 2 N–H and O–H groups in total. The van der Waals surface area contributed by atoms with Crippen molar-refractivity contribution in [2.45, 2.75) is 31.1 Å². The summed E-state index contributed by atoms with van der Waals surface area (Å²) in [5.41, 5.74) is 0.603. The van der Waals surface area contributed by atoms with Crippen LogP contribution >= 0.6 is 0 Å². The number of aromatic nitrogens is 1. The molecule has 0 bridgehead atoms. The lowest BCUT2D eigenvalue weighted by Gasteiger charge is -2.06. The Kier molecular flexibility index (Phi) is 4.70. The van der Waals surface area contributed by atoms with Gasteiger partial charge in [-0.2, -0.15) is 8.42 Å². The molecule has 6 heteroatoms. The number of rotatable bonds is 6. The van der Waals surface area contributed by atoms with Crippen LogP contribution in [0.4, 0.5) is 5.69 Å². The third-order valence-corrected chi connectivity index (χ3v) is 2.94. The molecule has 0 aliphatic rings. The van der Waals surface area contributed by atoms with E-state index in [4.69, 9.17) is 4.55 Å². The van der Waals surface area contributed by atoms with Gasteiger partial charge < -0.3 is 5.32 Å². The van der Waals surface area contributed by atoms with Gasteiger partial charge >= 0.3 is 0 Å². The summed E-state index contributed by atoms with van der Waals surface area (Å²) in [6, 6.07) is 1.37. The van der Waals surface area contributed by atoms with Crippen molar-refractivity contribution in [1.29, 1.82) is 0 Å². The first-order valence-corrected chi connectivity index (χ1v) is 6.64. The lowest BCUT2D eigenvalue weighted by Crippen LogP contribution is -2.04. The van der Waals surface area contributed by atoms with Gasteiger partial charge in [0, 0.05) is 12.7 Å². The van der Waals surface area contributed by atoms with Gasteiger partial charge in [0.05, 0.1) is 11.9 Å². The van der Waals surface area contributed by atoms with Gasteiger partial charge in [-0.05, 0) is 12.5 Å². The van der Waals surface area contributed by atoms with E-state index in [1.54, 1.807) is 0 Å². The Labute approximate surface area is 95.7 Å². The fourth-order valence-corrected chi connectivity index (χ4v) is 1.73. The zero-order valence-corrected chi connectivity index (χ0v) is 10.00. The second-order valence-corrected chi connectivity index (χ2v) is 4.94. The molecule has 0 fully saturated rings. The maximum Gasteiger partial charge on any atom is 0.296 e. The minimum atomic E-state index is -4.16. The molecule has 1 aromatic heterocycles. The van der Waals surface area contributed by atoms with E-state index in [2.05, 4.69) is 17.2 Å². The first-order valence-electron chi connectivity index (χ1n) is 5.20. The number of nitrogens with one attached hydrogen (secondary N) is 1. The van der Waals surface area contributed by atoms with Crippen molar-refractivity contribution < 1.29 is 13.0 Å². The van der Waals surface area contributed by atoms with Crippen LogP contribution in [-0.4, -0.2) is 24.5 Å². The zero-order valence-electron chi connectivity index (χ0n) is 9.18. The van der Waals surface area contributed by atoms with Crippen LogP contribution < -0.4 is 5.32 Å². The normalized spacial score (nSPS) is 11.4. The molecule has 5 nitrogen and oxygen atoms in total. The average Bonchev–Trinajstić information content (AvgIpc) is 2.24. The zero-order chi connectivity index (χ0) is 12.0. The smallest absolute Gasteiger partial charge is 0.296 e. The van der Waals surface area contributed by atoms with Crippen LogP contribution in [0.1, 0.15) is 26.2 Å². The van der Waals surface area contributed by atoms with Crippen molar-refractivity contribution in [1.82, 2.24) is 4.98 Å². The van der Waals surface area contributed by atoms with Gasteiger partial charge in [0.25, 0.3) is 10.1 Å². The molecule has 1 aromatic rings. The Morgan fingerprint density at radius 2 is 2.12 bits per heavy atom. The van der Waals surface area contributed by atoms with E-state index in [1.807, 2.05) is 0 Å². The summed E-state index contributed by atoms with van der Waals surface area (Å²) >= 11 is 0. The standard InChI is InChI=1S/C10H16N2O3S/c1-2-3-4-5-12-9-6-10(8-11-7-9)16(13,14)15/h6-8,12H,2-5H2,1H3,(H,13,14,15). The molecule has 0 saturated carbocycles. The highest BCUT2D eigenvalue weighted by Gasteiger charge is 2.09. The summed E-state index contributed by atoms with van der Waals surface area (Å²) in [6.07, 6.45) is 5.92. The van der Waals surface area contributed by atoms with Crippen molar-refractivity contribution in [3.05, 3.63) is 18.5 Å². The van der Waals surface area contributed by atoms with Gasteiger partial charge in [-0.3, -0.25) is 9.54 Å². The predicted molar refractivity (Wildman–Crippen MR) is 62.1 cm³/mol. The highest BCUT2D eigenvalue weighted by Crippen LogP contribution is 2.13. The number of hydrogen-bond acceptors (Lipinski definition) is 4. The first kappa shape index (κ1) is 12.9. The van der Waals surface area contributed by atoms with Gasteiger partial charge in [0.1, 0.15) is 4.90 Å². The summed E-state index contributed by atoms with van der Waals surface area (Å²) in [5, 5.41) is 3.05. The van der Waals surface area contributed by atoms with Crippen LogP contribution in [0.25, 0.3) is 0 Å². The van der Waals surface area contributed by atoms with Crippen LogP contribution in [0, 0.1) is 0 Å². The topological polar surface area (TPSA) is 79.3 Å². The van der Waals surface area contributed by atoms with E-state index in [9.17, 15) is 8.42 Å². The molecule has 0 atom stereocenters. The van der Waals surface area contributed by atoms with E-state index >= 15 is 0 Å². The second-order valence-electron chi connectivity index (χ2n) is 3.52. The Bertz CT molecular complexity index is 431. The van der Waals surface area contributed by atoms with Crippen molar-refractivity contribution >= 4 is 15.8 Å². The third kappa shape index (κ3) is 4.16. The molecule has 0 aromatic carbocycles. The molecule has 0 radical (unpaired) electrons. The summed E-state index contributed by atoms with van der Waals surface area (Å²) in [4.78, 5) is 3.56. The Balaban J connectivity index is 2.62. The van der Waals surface area contributed by atoms with Crippen molar-refractivity contribution in [3.8, 4) is 0 Å². The van der Waals surface area contributed by atoms with Crippen LogP contribution in [0.5, 0.6) is 0 Å². The molecule has 90 valence electrons. The number of nitrogens with zero attached hydrogens (tertiary/aromatic N) is 1. The maximum absolute atomic E-state index is 10.8. The predicted octanol–water partition coefficient (Wildman–Crippen LogP) is 1.93. The molecule has 0 saturated heterocycles. The van der Waals surface area contributed by atoms with Gasteiger partial charge in [-0.1, -0.05) is 19.8 Å². The van der Waals surface area contributed by atoms with Crippen LogP contribution in [0.2, 0.25) is 0 Å². The highest BCUT2D eigenvalue weighted by atomic mass is 32.2. The lowest BCUT2D eigenvalue weighted by atomic mass is 10.2. The van der Waals surface area contributed by atoms with Crippen molar-refractivity contribution in [2.75, 3.05) is 11.9 Å². The molecule has 0 aliphatic carbocycles. The fraction of sp³-hybridized carbons (Fsp3) is 0.500. The van der Waals surface area contributed by atoms with E-state index in [-0.39, 0.29) is 4.90 Å². The lowest BCUT2D eigenvalue weighted by molar-refractivity contribution is 0.483.